The molecule has 1 aliphatic rings. The van der Waals surface area contributed by atoms with Gasteiger partial charge in [-0.25, -0.2) is 8.42 Å². The molecule has 0 bridgehead atoms. The maximum absolute atomic E-state index is 13.3. The Kier molecular flexibility index (Phi) is 7.73. The highest BCUT2D eigenvalue weighted by Crippen LogP contribution is 2.30. The van der Waals surface area contributed by atoms with Gasteiger partial charge in [0.15, 0.2) is 0 Å². The molecule has 3 aromatic rings. The van der Waals surface area contributed by atoms with Crippen molar-refractivity contribution in [3.05, 3.63) is 89.0 Å². The van der Waals surface area contributed by atoms with Crippen molar-refractivity contribution < 1.29 is 13.2 Å². The van der Waals surface area contributed by atoms with Crippen LogP contribution >= 0.6 is 0 Å². The number of nitrogens with zero attached hydrogens (tertiary/aromatic N) is 1. The lowest BCUT2D eigenvalue weighted by atomic mass is 10.1. The normalized spacial score (nSPS) is 13.9. The van der Waals surface area contributed by atoms with Crippen molar-refractivity contribution >= 4 is 27.3 Å². The van der Waals surface area contributed by atoms with Gasteiger partial charge in [0, 0.05) is 38.3 Å². The summed E-state index contributed by atoms with van der Waals surface area (Å²) in [7, 11) is -3.83. The molecule has 1 heterocycles. The number of anilines is 2. The molecule has 0 saturated carbocycles. The first-order valence-corrected chi connectivity index (χ1v) is 13.4. The zero-order valence-corrected chi connectivity index (χ0v) is 21.0. The summed E-state index contributed by atoms with van der Waals surface area (Å²) in [4.78, 5) is 15.3. The Morgan fingerprint density at radius 2 is 1.66 bits per heavy atom. The lowest BCUT2D eigenvalue weighted by Crippen LogP contribution is -2.43. The number of nitrogens with one attached hydrogen (secondary N) is 3. The summed E-state index contributed by atoms with van der Waals surface area (Å²) in [5.74, 6) is -0.257. The molecule has 3 N–H and O–H groups in total. The number of hydrogen-bond acceptors (Lipinski definition) is 5. The van der Waals surface area contributed by atoms with Crippen LogP contribution in [0.2, 0.25) is 0 Å². The molecule has 1 amide bonds. The molecule has 0 atom stereocenters. The van der Waals surface area contributed by atoms with Gasteiger partial charge in [-0.3, -0.25) is 9.52 Å². The molecule has 1 aliphatic heterocycles. The molecule has 4 rings (SSSR count). The molecular weight excluding hydrogens is 460 g/mol. The number of aryl methyl sites for hydroxylation is 2. The Morgan fingerprint density at radius 1 is 0.971 bits per heavy atom. The largest absolute Gasteiger partial charge is 0.367 e. The first-order chi connectivity index (χ1) is 16.9. The number of carbonyl (C=O) groups excluding carboxylic acids is 1. The van der Waals surface area contributed by atoms with Crippen molar-refractivity contribution in [2.75, 3.05) is 35.8 Å². The van der Waals surface area contributed by atoms with Crippen molar-refractivity contribution in [3.63, 3.8) is 0 Å². The fourth-order valence-electron chi connectivity index (χ4n) is 4.18. The second-order valence-corrected chi connectivity index (χ2v) is 10.3. The second kappa shape index (κ2) is 10.9. The third kappa shape index (κ3) is 6.01. The van der Waals surface area contributed by atoms with Gasteiger partial charge in [-0.05, 0) is 54.3 Å². The molecule has 0 spiro atoms. The second-order valence-electron chi connectivity index (χ2n) is 8.69. The predicted octanol–water partition coefficient (Wildman–Crippen LogP) is 3.70. The summed E-state index contributed by atoms with van der Waals surface area (Å²) in [5.41, 5.74) is 4.47. The first kappa shape index (κ1) is 24.8. The number of amides is 1. The zero-order valence-electron chi connectivity index (χ0n) is 20.2. The number of sulfonamides is 1. The van der Waals surface area contributed by atoms with Gasteiger partial charge in [-0.1, -0.05) is 49.4 Å². The molecule has 184 valence electrons. The van der Waals surface area contributed by atoms with E-state index in [1.807, 2.05) is 18.2 Å². The van der Waals surface area contributed by atoms with E-state index in [1.54, 1.807) is 43.3 Å². The summed E-state index contributed by atoms with van der Waals surface area (Å²) in [5, 5.41) is 6.25. The van der Waals surface area contributed by atoms with E-state index in [0.717, 1.165) is 43.9 Å². The van der Waals surface area contributed by atoms with E-state index in [9.17, 15) is 13.2 Å². The third-order valence-electron chi connectivity index (χ3n) is 6.23. The molecule has 0 aromatic heterocycles. The Morgan fingerprint density at radius 3 is 2.34 bits per heavy atom. The van der Waals surface area contributed by atoms with E-state index >= 15 is 0 Å². The standard InChI is InChI=1S/C27H32N4O3S/c1-3-21-8-10-22(11-9-21)19-29-27(32)23-12-13-25(31-16-14-28-15-17-31)24(18-23)30-35(33,34)26-7-5-4-6-20(26)2/h4-13,18,28,30H,3,14-17,19H2,1-2H3,(H,29,32). The molecule has 0 radical (unpaired) electrons. The highest BCUT2D eigenvalue weighted by Gasteiger charge is 2.22. The highest BCUT2D eigenvalue weighted by atomic mass is 32.2. The van der Waals surface area contributed by atoms with Gasteiger partial charge in [-0.15, -0.1) is 0 Å². The average Bonchev–Trinajstić information content (AvgIpc) is 2.88. The van der Waals surface area contributed by atoms with Crippen LogP contribution < -0.4 is 20.3 Å². The number of piperazine rings is 1. The molecular formula is C27H32N4O3S. The molecule has 1 fully saturated rings. The van der Waals surface area contributed by atoms with Crippen LogP contribution in [0.3, 0.4) is 0 Å². The summed E-state index contributed by atoms with van der Waals surface area (Å²) in [6.07, 6.45) is 0.966. The van der Waals surface area contributed by atoms with E-state index in [4.69, 9.17) is 0 Å². The van der Waals surface area contributed by atoms with Crippen LogP contribution in [0, 0.1) is 6.92 Å². The van der Waals surface area contributed by atoms with Gasteiger partial charge in [0.05, 0.1) is 16.3 Å². The average molecular weight is 493 g/mol. The van der Waals surface area contributed by atoms with Crippen molar-refractivity contribution in [3.8, 4) is 0 Å². The number of benzene rings is 3. The third-order valence-corrected chi connectivity index (χ3v) is 7.75. The number of hydrogen-bond donors (Lipinski definition) is 3. The van der Waals surface area contributed by atoms with E-state index in [1.165, 1.54) is 5.56 Å². The lowest BCUT2D eigenvalue weighted by Gasteiger charge is -2.31. The Hall–Kier alpha value is -3.36. The summed E-state index contributed by atoms with van der Waals surface area (Å²) < 4.78 is 29.3. The van der Waals surface area contributed by atoms with Crippen LogP contribution in [0.1, 0.15) is 34.0 Å². The maximum Gasteiger partial charge on any atom is 0.262 e. The van der Waals surface area contributed by atoms with E-state index < -0.39 is 10.0 Å². The van der Waals surface area contributed by atoms with Crippen LogP contribution in [-0.2, 0) is 23.0 Å². The van der Waals surface area contributed by atoms with Gasteiger partial charge < -0.3 is 15.5 Å². The smallest absolute Gasteiger partial charge is 0.262 e. The molecule has 1 saturated heterocycles. The minimum absolute atomic E-state index is 0.219. The molecule has 7 nitrogen and oxygen atoms in total. The van der Waals surface area contributed by atoms with E-state index in [0.29, 0.717) is 23.4 Å². The fraction of sp³-hybridized carbons (Fsp3) is 0.296. The van der Waals surface area contributed by atoms with E-state index in [2.05, 4.69) is 39.3 Å². The molecule has 35 heavy (non-hydrogen) atoms. The van der Waals surface area contributed by atoms with Gasteiger partial charge >= 0.3 is 0 Å². The van der Waals surface area contributed by atoms with Crippen molar-refractivity contribution in [1.82, 2.24) is 10.6 Å². The summed E-state index contributed by atoms with van der Waals surface area (Å²) >= 11 is 0. The van der Waals surface area contributed by atoms with E-state index in [-0.39, 0.29) is 10.8 Å². The highest BCUT2D eigenvalue weighted by molar-refractivity contribution is 7.92. The van der Waals surface area contributed by atoms with Crippen molar-refractivity contribution in [2.45, 2.75) is 31.7 Å². The SMILES string of the molecule is CCc1ccc(CNC(=O)c2ccc(N3CCNCC3)c(NS(=O)(=O)c3ccccc3C)c2)cc1. The number of carbonyl (C=O) groups is 1. The van der Waals surface area contributed by atoms with Crippen molar-refractivity contribution in [1.29, 1.82) is 0 Å². The first-order valence-electron chi connectivity index (χ1n) is 11.9. The zero-order chi connectivity index (χ0) is 24.8. The maximum atomic E-state index is 13.3. The van der Waals surface area contributed by atoms with Crippen molar-refractivity contribution in [2.24, 2.45) is 0 Å². The van der Waals surface area contributed by atoms with Crippen LogP contribution in [0.15, 0.2) is 71.6 Å². The lowest BCUT2D eigenvalue weighted by molar-refractivity contribution is 0.0951. The minimum atomic E-state index is -3.83. The molecule has 3 aromatic carbocycles. The Labute approximate surface area is 207 Å². The van der Waals surface area contributed by atoms with Gasteiger partial charge in [0.1, 0.15) is 0 Å². The van der Waals surface area contributed by atoms with Crippen LogP contribution in [0.5, 0.6) is 0 Å². The Bertz CT molecular complexity index is 1280. The van der Waals surface area contributed by atoms with Crippen LogP contribution in [0.4, 0.5) is 11.4 Å². The van der Waals surface area contributed by atoms with Crippen LogP contribution in [0.25, 0.3) is 0 Å². The number of rotatable bonds is 8. The Balaban J connectivity index is 1.60. The minimum Gasteiger partial charge on any atom is -0.367 e. The van der Waals surface area contributed by atoms with Gasteiger partial charge in [-0.2, -0.15) is 0 Å². The molecule has 0 aliphatic carbocycles. The van der Waals surface area contributed by atoms with Gasteiger partial charge in [0.25, 0.3) is 15.9 Å². The molecule has 8 heteroatoms. The van der Waals surface area contributed by atoms with Gasteiger partial charge in [0.2, 0.25) is 0 Å². The summed E-state index contributed by atoms with van der Waals surface area (Å²) in [6.45, 7) is 7.38. The fourth-order valence-corrected chi connectivity index (χ4v) is 5.49. The van der Waals surface area contributed by atoms with Crippen LogP contribution in [-0.4, -0.2) is 40.5 Å². The monoisotopic (exact) mass is 492 g/mol. The summed E-state index contributed by atoms with van der Waals surface area (Å²) in [6, 6.07) is 20.2. The predicted molar refractivity (Wildman–Crippen MR) is 141 cm³/mol. The topological polar surface area (TPSA) is 90.5 Å². The quantitative estimate of drug-likeness (QED) is 0.446. The molecule has 0 unspecified atom stereocenters.